The highest BCUT2D eigenvalue weighted by atomic mass is 16.5. The Morgan fingerprint density at radius 3 is 2.79 bits per heavy atom. The van der Waals surface area contributed by atoms with E-state index in [1.165, 1.54) is 0 Å². The smallest absolute Gasteiger partial charge is 0.0640 e. The van der Waals surface area contributed by atoms with Crippen LogP contribution in [0.1, 0.15) is 20.3 Å². The van der Waals surface area contributed by atoms with Crippen molar-refractivity contribution in [3.8, 4) is 11.1 Å². The highest BCUT2D eigenvalue weighted by Gasteiger charge is 2.16. The fourth-order valence-corrected chi connectivity index (χ4v) is 1.84. The van der Waals surface area contributed by atoms with Crippen LogP contribution in [0.2, 0.25) is 0 Å². The molecule has 0 saturated carbocycles. The summed E-state index contributed by atoms with van der Waals surface area (Å²) in [5.41, 5.74) is 8.62. The number of anilines is 1. The minimum atomic E-state index is -0.122. The molecule has 0 amide bonds. The Labute approximate surface area is 114 Å². The third-order valence-electron chi connectivity index (χ3n) is 3.35. The van der Waals surface area contributed by atoms with Crippen LogP contribution in [0, 0.1) is 0 Å². The van der Waals surface area contributed by atoms with Gasteiger partial charge in [0.2, 0.25) is 0 Å². The van der Waals surface area contributed by atoms with E-state index in [9.17, 15) is 0 Å². The maximum atomic E-state index is 5.79. The zero-order valence-corrected chi connectivity index (χ0v) is 11.8. The van der Waals surface area contributed by atoms with Crippen LogP contribution in [0.15, 0.2) is 36.7 Å². The van der Waals surface area contributed by atoms with Crippen LogP contribution >= 0.6 is 0 Å². The average molecular weight is 259 g/mol. The first-order valence-corrected chi connectivity index (χ1v) is 6.44. The normalized spacial score (nSPS) is 11.7. The maximum absolute atomic E-state index is 5.79. The second-order valence-corrected chi connectivity index (χ2v) is 5.33. The van der Waals surface area contributed by atoms with E-state index < -0.39 is 0 Å². The summed E-state index contributed by atoms with van der Waals surface area (Å²) < 4.78 is 7.35. The molecule has 0 atom stereocenters. The number of hydrogen-bond donors (Lipinski definition) is 1. The molecule has 0 aliphatic heterocycles. The van der Waals surface area contributed by atoms with Crippen molar-refractivity contribution >= 4 is 5.69 Å². The number of ether oxygens (including phenoxy) is 1. The van der Waals surface area contributed by atoms with Gasteiger partial charge < -0.3 is 10.5 Å². The van der Waals surface area contributed by atoms with E-state index in [1.807, 2.05) is 41.3 Å². The van der Waals surface area contributed by atoms with Crippen LogP contribution < -0.4 is 5.73 Å². The lowest BCUT2D eigenvalue weighted by atomic mass is 10.1. The SMILES string of the molecule is COC(C)(C)CCn1cc(-c2cccc(N)c2)cn1. The lowest BCUT2D eigenvalue weighted by Crippen LogP contribution is -2.24. The summed E-state index contributed by atoms with van der Waals surface area (Å²) >= 11 is 0. The van der Waals surface area contributed by atoms with Gasteiger partial charge in [-0.05, 0) is 38.0 Å². The van der Waals surface area contributed by atoms with Crippen molar-refractivity contribution in [1.82, 2.24) is 9.78 Å². The number of hydrogen-bond acceptors (Lipinski definition) is 3. The quantitative estimate of drug-likeness (QED) is 0.840. The Kier molecular flexibility index (Phi) is 3.90. The molecule has 2 aromatic rings. The van der Waals surface area contributed by atoms with E-state index in [0.29, 0.717) is 0 Å². The van der Waals surface area contributed by atoms with Crippen molar-refractivity contribution in [3.05, 3.63) is 36.7 Å². The Bertz CT molecular complexity index is 546. The zero-order valence-electron chi connectivity index (χ0n) is 11.8. The third-order valence-corrected chi connectivity index (χ3v) is 3.35. The molecule has 2 N–H and O–H groups in total. The molecule has 1 aromatic heterocycles. The summed E-state index contributed by atoms with van der Waals surface area (Å²) in [6.45, 7) is 4.99. The van der Waals surface area contributed by atoms with Gasteiger partial charge in [-0.3, -0.25) is 4.68 Å². The van der Waals surface area contributed by atoms with Gasteiger partial charge in [-0.25, -0.2) is 0 Å². The highest BCUT2D eigenvalue weighted by Crippen LogP contribution is 2.21. The molecule has 0 unspecified atom stereocenters. The number of rotatable bonds is 5. The summed E-state index contributed by atoms with van der Waals surface area (Å²) in [6.07, 6.45) is 4.83. The summed E-state index contributed by atoms with van der Waals surface area (Å²) in [6, 6.07) is 7.84. The summed E-state index contributed by atoms with van der Waals surface area (Å²) in [5, 5.41) is 4.38. The molecular formula is C15H21N3O. The van der Waals surface area contributed by atoms with Gasteiger partial charge in [0.15, 0.2) is 0 Å². The van der Waals surface area contributed by atoms with Crippen molar-refractivity contribution in [2.45, 2.75) is 32.4 Å². The predicted molar refractivity (Wildman–Crippen MR) is 77.8 cm³/mol. The molecule has 102 valence electrons. The zero-order chi connectivity index (χ0) is 13.9. The van der Waals surface area contributed by atoms with Crippen molar-refractivity contribution in [1.29, 1.82) is 0 Å². The van der Waals surface area contributed by atoms with Gasteiger partial charge in [0.25, 0.3) is 0 Å². The largest absolute Gasteiger partial charge is 0.399 e. The van der Waals surface area contributed by atoms with E-state index in [4.69, 9.17) is 10.5 Å². The maximum Gasteiger partial charge on any atom is 0.0640 e. The fraction of sp³-hybridized carbons (Fsp3) is 0.400. The number of aryl methyl sites for hydroxylation is 1. The minimum Gasteiger partial charge on any atom is -0.399 e. The Morgan fingerprint density at radius 1 is 1.32 bits per heavy atom. The van der Waals surface area contributed by atoms with Crippen LogP contribution in [-0.4, -0.2) is 22.5 Å². The topological polar surface area (TPSA) is 53.1 Å². The molecule has 0 saturated heterocycles. The first-order chi connectivity index (χ1) is 9.00. The molecule has 0 bridgehead atoms. The molecule has 4 heteroatoms. The van der Waals surface area contributed by atoms with Gasteiger partial charge in [-0.2, -0.15) is 5.10 Å². The molecule has 0 aliphatic rings. The van der Waals surface area contributed by atoms with Crippen molar-refractivity contribution in [2.24, 2.45) is 0 Å². The molecule has 0 fully saturated rings. The molecule has 1 aromatic carbocycles. The molecule has 1 heterocycles. The second kappa shape index (κ2) is 5.45. The van der Waals surface area contributed by atoms with Crippen LogP contribution in [-0.2, 0) is 11.3 Å². The van der Waals surface area contributed by atoms with Gasteiger partial charge in [0, 0.05) is 31.1 Å². The standard InChI is InChI=1S/C15H21N3O/c1-15(2,19-3)7-8-18-11-13(10-17-18)12-5-4-6-14(16)9-12/h4-6,9-11H,7-8,16H2,1-3H3. The van der Waals surface area contributed by atoms with E-state index in [-0.39, 0.29) is 5.60 Å². The minimum absolute atomic E-state index is 0.122. The van der Waals surface area contributed by atoms with Crippen molar-refractivity contribution < 1.29 is 4.74 Å². The van der Waals surface area contributed by atoms with Gasteiger partial charge >= 0.3 is 0 Å². The highest BCUT2D eigenvalue weighted by molar-refractivity contribution is 5.65. The van der Waals surface area contributed by atoms with E-state index in [2.05, 4.69) is 18.9 Å². The molecule has 4 nitrogen and oxygen atoms in total. The number of methoxy groups -OCH3 is 1. The summed E-state index contributed by atoms with van der Waals surface area (Å²) in [5.74, 6) is 0. The van der Waals surface area contributed by atoms with Crippen molar-refractivity contribution in [2.75, 3.05) is 12.8 Å². The molecule has 0 spiro atoms. The number of nitrogens with zero attached hydrogens (tertiary/aromatic N) is 2. The van der Waals surface area contributed by atoms with E-state index >= 15 is 0 Å². The molecule has 0 radical (unpaired) electrons. The van der Waals surface area contributed by atoms with Gasteiger partial charge in [-0.1, -0.05) is 12.1 Å². The number of nitrogen functional groups attached to an aromatic ring is 1. The first kappa shape index (κ1) is 13.6. The molecule has 0 aliphatic carbocycles. The summed E-state index contributed by atoms with van der Waals surface area (Å²) in [7, 11) is 1.74. The lowest BCUT2D eigenvalue weighted by molar-refractivity contribution is 0.0113. The average Bonchev–Trinajstić information content (AvgIpc) is 2.85. The first-order valence-electron chi connectivity index (χ1n) is 6.44. The summed E-state index contributed by atoms with van der Waals surface area (Å²) in [4.78, 5) is 0. The van der Waals surface area contributed by atoms with Gasteiger partial charge in [0.1, 0.15) is 0 Å². The Balaban J connectivity index is 2.07. The van der Waals surface area contributed by atoms with Gasteiger partial charge in [-0.15, -0.1) is 0 Å². The number of aromatic nitrogens is 2. The van der Waals surface area contributed by atoms with Crippen LogP contribution in [0.3, 0.4) is 0 Å². The van der Waals surface area contributed by atoms with Crippen LogP contribution in [0.4, 0.5) is 5.69 Å². The molecule has 19 heavy (non-hydrogen) atoms. The van der Waals surface area contributed by atoms with Crippen molar-refractivity contribution in [3.63, 3.8) is 0 Å². The van der Waals surface area contributed by atoms with Gasteiger partial charge in [0.05, 0.1) is 11.8 Å². The monoisotopic (exact) mass is 259 g/mol. The predicted octanol–water partition coefficient (Wildman–Crippen LogP) is 2.95. The Hall–Kier alpha value is -1.81. The fourth-order valence-electron chi connectivity index (χ4n) is 1.84. The lowest BCUT2D eigenvalue weighted by Gasteiger charge is -2.22. The Morgan fingerprint density at radius 2 is 2.11 bits per heavy atom. The number of benzene rings is 1. The van der Waals surface area contributed by atoms with E-state index in [1.54, 1.807) is 7.11 Å². The van der Waals surface area contributed by atoms with Crippen LogP contribution in [0.25, 0.3) is 11.1 Å². The second-order valence-electron chi connectivity index (χ2n) is 5.33. The van der Waals surface area contributed by atoms with E-state index in [0.717, 1.165) is 29.8 Å². The third kappa shape index (κ3) is 3.58. The molecule has 2 rings (SSSR count). The number of nitrogens with two attached hydrogens (primary N) is 1. The molecular weight excluding hydrogens is 238 g/mol. The van der Waals surface area contributed by atoms with Crippen LogP contribution in [0.5, 0.6) is 0 Å².